The highest BCUT2D eigenvalue weighted by molar-refractivity contribution is 5.96. The van der Waals surface area contributed by atoms with Crippen molar-refractivity contribution >= 4 is 12.0 Å². The number of ether oxygens (including phenoxy) is 1. The van der Waals surface area contributed by atoms with Crippen LogP contribution in [0.15, 0.2) is 12.4 Å². The molecule has 108 valence electrons. The molecule has 0 atom stereocenters. The molecule has 0 spiro atoms. The zero-order valence-corrected chi connectivity index (χ0v) is 12.0. The number of nitrogens with zero attached hydrogens (tertiary/aromatic N) is 2. The molecule has 0 saturated carbocycles. The number of rotatable bonds is 2. The van der Waals surface area contributed by atoms with Crippen LogP contribution < -0.4 is 5.32 Å². The fourth-order valence-corrected chi connectivity index (χ4v) is 2.31. The number of hydrogen-bond acceptors (Lipinski definition) is 4. The molecule has 0 saturated heterocycles. The molecular weight excluding hydrogens is 258 g/mol. The Hall–Kier alpha value is -2.11. The van der Waals surface area contributed by atoms with E-state index in [0.717, 1.165) is 11.1 Å². The summed E-state index contributed by atoms with van der Waals surface area (Å²) in [6.45, 7) is 4.81. The molecule has 1 aliphatic rings. The fraction of sp³-hybridized carbons (Fsp3) is 0.500. The van der Waals surface area contributed by atoms with Crippen molar-refractivity contribution in [3.05, 3.63) is 29.1 Å². The van der Waals surface area contributed by atoms with Crippen molar-refractivity contribution in [3.63, 3.8) is 0 Å². The third-order valence-corrected chi connectivity index (χ3v) is 3.24. The van der Waals surface area contributed by atoms with Gasteiger partial charge in [-0.1, -0.05) is 0 Å². The van der Waals surface area contributed by atoms with Crippen molar-refractivity contribution in [1.29, 1.82) is 0 Å². The van der Waals surface area contributed by atoms with Crippen LogP contribution in [-0.4, -0.2) is 41.6 Å². The highest BCUT2D eigenvalue weighted by Crippen LogP contribution is 2.22. The van der Waals surface area contributed by atoms with Gasteiger partial charge in [-0.05, 0) is 31.4 Å². The van der Waals surface area contributed by atoms with Crippen LogP contribution in [0, 0.1) is 0 Å². The lowest BCUT2D eigenvalue weighted by atomic mass is 9.97. The van der Waals surface area contributed by atoms with Gasteiger partial charge in [-0.3, -0.25) is 9.78 Å². The van der Waals surface area contributed by atoms with Gasteiger partial charge < -0.3 is 15.0 Å². The van der Waals surface area contributed by atoms with Crippen molar-refractivity contribution in [2.24, 2.45) is 0 Å². The van der Waals surface area contributed by atoms with Crippen LogP contribution in [0.3, 0.4) is 0 Å². The normalized spacial score (nSPS) is 13.9. The molecular formula is C14H19N3O3. The van der Waals surface area contributed by atoms with E-state index >= 15 is 0 Å². The lowest BCUT2D eigenvalue weighted by molar-refractivity contribution is 0.0940. The number of fused-ring (bicyclic) bond motifs is 1. The molecule has 6 heteroatoms. The smallest absolute Gasteiger partial charge is 0.409 e. The molecule has 1 aromatic heterocycles. The molecule has 1 aromatic rings. The molecule has 2 rings (SSSR count). The molecule has 0 aromatic carbocycles. The van der Waals surface area contributed by atoms with E-state index in [1.54, 1.807) is 17.3 Å². The molecule has 2 heterocycles. The first-order chi connectivity index (χ1) is 9.52. The van der Waals surface area contributed by atoms with Gasteiger partial charge >= 0.3 is 6.09 Å². The van der Waals surface area contributed by atoms with Gasteiger partial charge in [0.05, 0.1) is 19.2 Å². The summed E-state index contributed by atoms with van der Waals surface area (Å²) < 4.78 is 4.72. The molecule has 6 nitrogen and oxygen atoms in total. The zero-order chi connectivity index (χ0) is 14.7. The number of methoxy groups -OCH3 is 1. The fourth-order valence-electron chi connectivity index (χ4n) is 2.31. The van der Waals surface area contributed by atoms with Gasteiger partial charge in [-0.15, -0.1) is 0 Å². The predicted octanol–water partition coefficient (Wildman–Crippen LogP) is 1.34. The second-order valence-corrected chi connectivity index (χ2v) is 5.09. The third-order valence-electron chi connectivity index (χ3n) is 3.24. The predicted molar refractivity (Wildman–Crippen MR) is 73.4 cm³/mol. The van der Waals surface area contributed by atoms with Gasteiger partial charge in [0.15, 0.2) is 0 Å². The SMILES string of the molecule is COC(=O)N1CCc2c(cncc2C(=O)NC(C)C)C1. The molecule has 0 radical (unpaired) electrons. The number of aromatic nitrogens is 1. The standard InChI is InChI=1S/C14H19N3O3/c1-9(2)16-13(18)12-7-15-6-10-8-17(14(19)20-3)5-4-11(10)12/h6-7,9H,4-5,8H2,1-3H3,(H,16,18). The Kier molecular flexibility index (Phi) is 4.22. The summed E-state index contributed by atoms with van der Waals surface area (Å²) in [6.07, 6.45) is 3.57. The van der Waals surface area contributed by atoms with Crippen LogP contribution in [0.1, 0.15) is 35.3 Å². The minimum atomic E-state index is -0.354. The Morgan fingerprint density at radius 3 is 2.80 bits per heavy atom. The van der Waals surface area contributed by atoms with Gasteiger partial charge in [0.1, 0.15) is 0 Å². The molecule has 0 unspecified atom stereocenters. The largest absolute Gasteiger partial charge is 0.453 e. The van der Waals surface area contributed by atoms with E-state index in [4.69, 9.17) is 4.74 Å². The molecule has 0 aliphatic carbocycles. The van der Waals surface area contributed by atoms with Crippen molar-refractivity contribution < 1.29 is 14.3 Å². The maximum atomic E-state index is 12.1. The van der Waals surface area contributed by atoms with Crippen LogP contribution in [0.2, 0.25) is 0 Å². The van der Waals surface area contributed by atoms with E-state index in [9.17, 15) is 9.59 Å². The molecule has 20 heavy (non-hydrogen) atoms. The average molecular weight is 277 g/mol. The Morgan fingerprint density at radius 1 is 1.40 bits per heavy atom. The summed E-state index contributed by atoms with van der Waals surface area (Å²) in [7, 11) is 1.36. The number of carbonyl (C=O) groups excluding carboxylic acids is 2. The van der Waals surface area contributed by atoms with Crippen LogP contribution in [0.25, 0.3) is 0 Å². The Balaban J connectivity index is 2.24. The number of pyridine rings is 1. The van der Waals surface area contributed by atoms with Crippen LogP contribution in [-0.2, 0) is 17.7 Å². The Morgan fingerprint density at radius 2 is 2.15 bits per heavy atom. The van der Waals surface area contributed by atoms with Crippen LogP contribution >= 0.6 is 0 Å². The maximum absolute atomic E-state index is 12.1. The summed E-state index contributed by atoms with van der Waals surface area (Å²) in [4.78, 5) is 29.4. The van der Waals surface area contributed by atoms with Crippen molar-refractivity contribution in [2.45, 2.75) is 32.9 Å². The molecule has 2 amide bonds. The van der Waals surface area contributed by atoms with E-state index in [1.807, 2.05) is 13.8 Å². The van der Waals surface area contributed by atoms with Gasteiger partial charge in [0.25, 0.3) is 5.91 Å². The number of amides is 2. The second kappa shape index (κ2) is 5.90. The average Bonchev–Trinajstić information content (AvgIpc) is 2.44. The number of nitrogens with one attached hydrogen (secondary N) is 1. The lowest BCUT2D eigenvalue weighted by Gasteiger charge is -2.28. The van der Waals surface area contributed by atoms with Crippen molar-refractivity contribution in [3.8, 4) is 0 Å². The zero-order valence-electron chi connectivity index (χ0n) is 12.0. The van der Waals surface area contributed by atoms with E-state index in [1.165, 1.54) is 7.11 Å². The lowest BCUT2D eigenvalue weighted by Crippen LogP contribution is -2.38. The van der Waals surface area contributed by atoms with E-state index in [-0.39, 0.29) is 18.0 Å². The summed E-state index contributed by atoms with van der Waals surface area (Å²) in [5.41, 5.74) is 2.47. The van der Waals surface area contributed by atoms with E-state index < -0.39 is 0 Å². The van der Waals surface area contributed by atoms with Gasteiger partial charge in [-0.25, -0.2) is 4.79 Å². The molecule has 1 aliphatic heterocycles. The first kappa shape index (κ1) is 14.3. The van der Waals surface area contributed by atoms with Crippen molar-refractivity contribution in [2.75, 3.05) is 13.7 Å². The summed E-state index contributed by atoms with van der Waals surface area (Å²) >= 11 is 0. The van der Waals surface area contributed by atoms with Crippen molar-refractivity contribution in [1.82, 2.24) is 15.2 Å². The van der Waals surface area contributed by atoms with Gasteiger partial charge in [-0.2, -0.15) is 0 Å². The Labute approximate surface area is 118 Å². The molecule has 0 fully saturated rings. The number of carbonyl (C=O) groups is 2. The summed E-state index contributed by atoms with van der Waals surface area (Å²) in [5.74, 6) is -0.115. The summed E-state index contributed by atoms with van der Waals surface area (Å²) in [6, 6.07) is 0.0773. The maximum Gasteiger partial charge on any atom is 0.409 e. The van der Waals surface area contributed by atoms with Crippen LogP contribution in [0.4, 0.5) is 4.79 Å². The highest BCUT2D eigenvalue weighted by atomic mass is 16.5. The Bertz CT molecular complexity index is 528. The first-order valence-corrected chi connectivity index (χ1v) is 6.62. The van der Waals surface area contributed by atoms with Crippen LogP contribution in [0.5, 0.6) is 0 Å². The minimum Gasteiger partial charge on any atom is -0.453 e. The summed E-state index contributed by atoms with van der Waals surface area (Å²) in [5, 5.41) is 2.87. The number of hydrogen-bond donors (Lipinski definition) is 1. The molecule has 1 N–H and O–H groups in total. The quantitative estimate of drug-likeness (QED) is 0.885. The highest BCUT2D eigenvalue weighted by Gasteiger charge is 2.25. The monoisotopic (exact) mass is 277 g/mol. The minimum absolute atomic E-state index is 0.0773. The second-order valence-electron chi connectivity index (χ2n) is 5.09. The van der Waals surface area contributed by atoms with Gasteiger partial charge in [0.2, 0.25) is 0 Å². The molecule has 0 bridgehead atoms. The van der Waals surface area contributed by atoms with E-state index in [0.29, 0.717) is 25.1 Å². The topological polar surface area (TPSA) is 71.5 Å². The third kappa shape index (κ3) is 2.89. The first-order valence-electron chi connectivity index (χ1n) is 6.62. The van der Waals surface area contributed by atoms with Gasteiger partial charge in [0, 0.05) is 25.0 Å². The van der Waals surface area contributed by atoms with E-state index in [2.05, 4.69) is 10.3 Å².